The molecule has 21 heteroatoms. The number of nitrogens with one attached hydrogen (secondary N) is 4. The highest BCUT2D eigenvalue weighted by molar-refractivity contribution is 6.25. The molecule has 0 spiro atoms. The van der Waals surface area contributed by atoms with Crippen LogP contribution in [0.25, 0.3) is 16.9 Å². The number of rotatable bonds is 30. The molecule has 5 heterocycles. The summed E-state index contributed by atoms with van der Waals surface area (Å²) in [5, 5.41) is 19.9. The maximum absolute atomic E-state index is 13.2. The van der Waals surface area contributed by atoms with Gasteiger partial charge in [0, 0.05) is 42.9 Å². The number of ether oxygens (including phenoxy) is 6. The minimum Gasteiger partial charge on any atom is -0.467 e. The summed E-state index contributed by atoms with van der Waals surface area (Å²) in [4.78, 5) is 68.3. The Bertz CT molecular complexity index is 2410. The summed E-state index contributed by atoms with van der Waals surface area (Å²) >= 11 is 0. The van der Waals surface area contributed by atoms with Crippen molar-refractivity contribution in [1.29, 1.82) is 0 Å². The Morgan fingerprint density at radius 3 is 2.10 bits per heavy atom. The molecule has 0 saturated carbocycles. The van der Waals surface area contributed by atoms with Crippen LogP contribution in [-0.4, -0.2) is 152 Å². The van der Waals surface area contributed by atoms with Crippen molar-refractivity contribution in [1.82, 2.24) is 35.1 Å². The standard InChI is InChI=1S/C46H55N9O12/c56-39-13-12-37(44(58)52-39)55-45(59)35-6-3-7-36(40(35)46(55)60)47-15-18-62-20-22-64-24-26-66-28-27-65-25-23-63-21-19-61-16-2-1-14-48-43(57)33-10-8-32(9-11-33)41-42-53-51-31-54(42)38(30-50-41)49-29-34-5-4-17-67-34/h3-11,17,30-31,37,47,49H,1-2,12-16,18-29H2,(H,48,57)(H,52,56,58). The fourth-order valence-corrected chi connectivity index (χ4v) is 7.28. The summed E-state index contributed by atoms with van der Waals surface area (Å²) < 4.78 is 40.6. The van der Waals surface area contributed by atoms with E-state index in [0.29, 0.717) is 122 Å². The van der Waals surface area contributed by atoms with Gasteiger partial charge in [-0.2, -0.15) is 0 Å². The molecule has 7 rings (SSSR count). The van der Waals surface area contributed by atoms with E-state index >= 15 is 0 Å². The van der Waals surface area contributed by atoms with E-state index in [0.717, 1.165) is 34.9 Å². The van der Waals surface area contributed by atoms with Gasteiger partial charge in [-0.3, -0.25) is 38.6 Å². The highest BCUT2D eigenvalue weighted by Gasteiger charge is 2.45. The first-order valence-corrected chi connectivity index (χ1v) is 22.3. The van der Waals surface area contributed by atoms with E-state index in [1.165, 1.54) is 0 Å². The molecule has 1 saturated heterocycles. The van der Waals surface area contributed by atoms with E-state index < -0.39 is 29.7 Å². The maximum atomic E-state index is 13.2. The topological polar surface area (TPSA) is 248 Å². The predicted octanol–water partition coefficient (Wildman–Crippen LogP) is 3.12. The molecule has 21 nitrogen and oxygen atoms in total. The number of piperidine rings is 1. The quantitative estimate of drug-likeness (QED) is 0.0382. The van der Waals surface area contributed by atoms with Gasteiger partial charge in [0.15, 0.2) is 5.65 Å². The Morgan fingerprint density at radius 1 is 0.746 bits per heavy atom. The van der Waals surface area contributed by atoms with Crippen molar-refractivity contribution < 1.29 is 56.8 Å². The summed E-state index contributed by atoms with van der Waals surface area (Å²) in [5.74, 6) is -0.818. The second-order valence-corrected chi connectivity index (χ2v) is 15.3. The Kier molecular flexibility index (Phi) is 18.3. The number of amides is 5. The number of fused-ring (bicyclic) bond motifs is 2. The SMILES string of the molecule is O=C1CCC(N2C(=O)c3cccc(NCCOCCOCCOCCOCCOCCOCCCCNC(=O)c4ccc(-c5ncc(NCc6ccco6)n6cnnc56)cc4)c3C2=O)C(=O)N1. The summed E-state index contributed by atoms with van der Waals surface area (Å²) in [5.41, 5.74) is 3.50. The van der Waals surface area contributed by atoms with Gasteiger partial charge >= 0.3 is 0 Å². The van der Waals surface area contributed by atoms with Crippen LogP contribution in [0, 0.1) is 0 Å². The number of imide groups is 2. The fraction of sp³-hybridized carbons (Fsp3) is 0.435. The van der Waals surface area contributed by atoms with E-state index in [4.69, 9.17) is 32.8 Å². The number of carbonyl (C=O) groups excluding carboxylic acids is 5. The van der Waals surface area contributed by atoms with Gasteiger partial charge in [0.25, 0.3) is 17.7 Å². The molecule has 0 aliphatic carbocycles. The van der Waals surface area contributed by atoms with Crippen molar-refractivity contribution in [2.45, 2.75) is 38.3 Å². The molecule has 2 aliphatic rings. The molecule has 356 valence electrons. The largest absolute Gasteiger partial charge is 0.467 e. The Balaban J connectivity index is 0.624. The van der Waals surface area contributed by atoms with Gasteiger partial charge in [0.05, 0.1) is 103 Å². The molecule has 4 N–H and O–H groups in total. The number of benzene rings is 2. The molecule has 1 fully saturated rings. The molecule has 3 aromatic heterocycles. The average Bonchev–Trinajstić information content (AvgIpc) is 4.11. The molecule has 5 aromatic rings. The summed E-state index contributed by atoms with van der Waals surface area (Å²) in [7, 11) is 0. The van der Waals surface area contributed by atoms with Crippen LogP contribution < -0.4 is 21.3 Å². The predicted molar refractivity (Wildman–Crippen MR) is 240 cm³/mol. The van der Waals surface area contributed by atoms with Crippen molar-refractivity contribution in [2.24, 2.45) is 0 Å². The lowest BCUT2D eigenvalue weighted by atomic mass is 10.0. The van der Waals surface area contributed by atoms with Gasteiger partial charge in [0.1, 0.15) is 29.6 Å². The zero-order chi connectivity index (χ0) is 46.6. The van der Waals surface area contributed by atoms with Gasteiger partial charge in [-0.25, -0.2) is 4.98 Å². The van der Waals surface area contributed by atoms with Crippen molar-refractivity contribution in [3.63, 3.8) is 0 Å². The zero-order valence-corrected chi connectivity index (χ0v) is 37.1. The van der Waals surface area contributed by atoms with Crippen LogP contribution in [0.2, 0.25) is 0 Å². The first-order valence-electron chi connectivity index (χ1n) is 22.3. The van der Waals surface area contributed by atoms with Gasteiger partial charge in [-0.05, 0) is 55.7 Å². The number of anilines is 2. The molecule has 0 radical (unpaired) electrons. The highest BCUT2D eigenvalue weighted by Crippen LogP contribution is 2.32. The normalized spacial score (nSPS) is 14.7. The molecule has 5 amide bonds. The molecule has 67 heavy (non-hydrogen) atoms. The van der Waals surface area contributed by atoms with Gasteiger partial charge in [-0.1, -0.05) is 18.2 Å². The second kappa shape index (κ2) is 25.3. The minimum absolute atomic E-state index is 0.0596. The summed E-state index contributed by atoms with van der Waals surface area (Å²) in [6.07, 6.45) is 6.70. The van der Waals surface area contributed by atoms with Crippen molar-refractivity contribution >= 4 is 46.7 Å². The van der Waals surface area contributed by atoms with Crippen LogP contribution in [0.4, 0.5) is 11.5 Å². The lowest BCUT2D eigenvalue weighted by molar-refractivity contribution is -0.136. The van der Waals surface area contributed by atoms with Crippen LogP contribution in [0.1, 0.15) is 62.5 Å². The van der Waals surface area contributed by atoms with Gasteiger partial charge < -0.3 is 48.8 Å². The van der Waals surface area contributed by atoms with Crippen molar-refractivity contribution in [3.05, 3.63) is 95.8 Å². The molecule has 1 atom stereocenters. The van der Waals surface area contributed by atoms with Crippen molar-refractivity contribution in [2.75, 3.05) is 103 Å². The average molecular weight is 926 g/mol. The second-order valence-electron chi connectivity index (χ2n) is 15.3. The number of nitrogens with zero attached hydrogens (tertiary/aromatic N) is 5. The van der Waals surface area contributed by atoms with Crippen LogP contribution in [0.3, 0.4) is 0 Å². The van der Waals surface area contributed by atoms with Crippen LogP contribution in [0.15, 0.2) is 77.8 Å². The number of unbranched alkanes of at least 4 members (excludes halogenated alkanes) is 1. The Labute approximate surface area is 386 Å². The molecule has 1 unspecified atom stereocenters. The molecule has 2 aromatic carbocycles. The number of carbonyl (C=O) groups is 5. The van der Waals surface area contributed by atoms with E-state index in [2.05, 4.69) is 36.4 Å². The van der Waals surface area contributed by atoms with E-state index in [-0.39, 0.29) is 29.9 Å². The first kappa shape index (κ1) is 48.3. The van der Waals surface area contributed by atoms with E-state index in [1.807, 2.05) is 28.7 Å². The lowest BCUT2D eigenvalue weighted by Crippen LogP contribution is -2.54. The smallest absolute Gasteiger partial charge is 0.264 e. The third kappa shape index (κ3) is 13.5. The number of aromatic nitrogens is 4. The lowest BCUT2D eigenvalue weighted by Gasteiger charge is -2.27. The third-order valence-electron chi connectivity index (χ3n) is 10.7. The van der Waals surface area contributed by atoms with E-state index in [9.17, 15) is 24.0 Å². The highest BCUT2D eigenvalue weighted by atomic mass is 16.6. The molecular weight excluding hydrogens is 871 g/mol. The van der Waals surface area contributed by atoms with E-state index in [1.54, 1.807) is 49.1 Å². The third-order valence-corrected chi connectivity index (χ3v) is 10.7. The van der Waals surface area contributed by atoms with Crippen molar-refractivity contribution in [3.8, 4) is 11.3 Å². The molecular formula is C46H55N9O12. The van der Waals surface area contributed by atoms with Gasteiger partial charge in [0.2, 0.25) is 11.8 Å². The fourth-order valence-electron chi connectivity index (χ4n) is 7.28. The number of hydrogen-bond donors (Lipinski definition) is 4. The van der Waals surface area contributed by atoms with Crippen LogP contribution in [-0.2, 0) is 44.6 Å². The summed E-state index contributed by atoms with van der Waals surface area (Å²) in [6, 6.07) is 14.9. The maximum Gasteiger partial charge on any atom is 0.264 e. The molecule has 2 aliphatic heterocycles. The first-order chi connectivity index (χ1) is 32.9. The van der Waals surface area contributed by atoms with Gasteiger partial charge in [-0.15, -0.1) is 10.2 Å². The monoisotopic (exact) mass is 925 g/mol. The Morgan fingerprint density at radius 2 is 1.43 bits per heavy atom. The zero-order valence-electron chi connectivity index (χ0n) is 37.1. The number of furan rings is 1. The number of hydrogen-bond acceptors (Lipinski definition) is 17. The summed E-state index contributed by atoms with van der Waals surface area (Å²) in [6.45, 7) is 6.54. The van der Waals surface area contributed by atoms with Crippen LogP contribution >= 0.6 is 0 Å². The minimum atomic E-state index is -1.02. The molecule has 0 bridgehead atoms. The Hall–Kier alpha value is -6.62. The van der Waals surface area contributed by atoms with Crippen LogP contribution in [0.5, 0.6) is 0 Å².